The highest BCUT2D eigenvalue weighted by Gasteiger charge is 2.20. The lowest BCUT2D eigenvalue weighted by molar-refractivity contribution is -0.128. The van der Waals surface area contributed by atoms with E-state index in [0.29, 0.717) is 17.3 Å². The Hall–Kier alpha value is -1.82. The predicted octanol–water partition coefficient (Wildman–Crippen LogP) is 1.39. The number of amides is 1. The van der Waals surface area contributed by atoms with Crippen LogP contribution in [-0.4, -0.2) is 49.6 Å². The smallest absolute Gasteiger partial charge is 0.242 e. The number of ether oxygens (including phenoxy) is 1. The topological polar surface area (TPSA) is 58.8 Å². The molecule has 1 saturated heterocycles. The second-order valence-electron chi connectivity index (χ2n) is 5.19. The quantitative estimate of drug-likeness (QED) is 0.833. The molecule has 0 unspecified atom stereocenters. The number of anilines is 1. The molecule has 1 heterocycles. The van der Waals surface area contributed by atoms with E-state index in [4.69, 9.17) is 22.7 Å². The first-order valence-corrected chi connectivity index (χ1v) is 7.40. The average molecular weight is 307 g/mol. The molecule has 0 aliphatic carbocycles. The maximum atomic E-state index is 12.3. The van der Waals surface area contributed by atoms with Crippen LogP contribution in [-0.2, 0) is 4.79 Å². The molecule has 0 spiro atoms. The largest absolute Gasteiger partial charge is 0.497 e. The molecule has 1 aliphatic rings. The third-order valence-electron chi connectivity index (χ3n) is 3.71. The van der Waals surface area contributed by atoms with Gasteiger partial charge in [0.2, 0.25) is 5.91 Å². The molecular weight excluding hydrogens is 286 g/mol. The van der Waals surface area contributed by atoms with E-state index in [1.807, 2.05) is 35.0 Å². The fourth-order valence-corrected chi connectivity index (χ4v) is 2.69. The minimum absolute atomic E-state index is 0.131. The Balaban J connectivity index is 2.18. The van der Waals surface area contributed by atoms with Gasteiger partial charge in [-0.1, -0.05) is 12.2 Å². The van der Waals surface area contributed by atoms with Gasteiger partial charge in [0, 0.05) is 31.8 Å². The van der Waals surface area contributed by atoms with Gasteiger partial charge in [-0.25, -0.2) is 0 Å². The van der Waals surface area contributed by atoms with Crippen molar-refractivity contribution in [2.24, 2.45) is 5.73 Å². The van der Waals surface area contributed by atoms with Crippen molar-refractivity contribution in [3.05, 3.63) is 23.8 Å². The minimum atomic E-state index is 0.131. The van der Waals surface area contributed by atoms with E-state index < -0.39 is 0 Å². The number of benzene rings is 1. The highest BCUT2D eigenvalue weighted by molar-refractivity contribution is 7.80. The molecule has 5 nitrogen and oxygen atoms in total. The van der Waals surface area contributed by atoms with Crippen LogP contribution < -0.4 is 15.4 Å². The molecule has 0 aromatic heterocycles. The SMILES string of the molecule is COc1ccc(C(N)=S)c(N(C)CC(=O)N2CCCC2)c1. The second kappa shape index (κ2) is 6.76. The summed E-state index contributed by atoms with van der Waals surface area (Å²) < 4.78 is 5.24. The molecule has 0 bridgehead atoms. The molecule has 0 saturated carbocycles. The summed E-state index contributed by atoms with van der Waals surface area (Å²) in [6.07, 6.45) is 2.18. The molecule has 0 radical (unpaired) electrons. The molecule has 6 heteroatoms. The molecule has 1 fully saturated rings. The molecule has 1 aliphatic heterocycles. The summed E-state index contributed by atoms with van der Waals surface area (Å²) in [4.78, 5) is 16.3. The first-order valence-electron chi connectivity index (χ1n) is 6.99. The Morgan fingerprint density at radius 1 is 1.43 bits per heavy atom. The van der Waals surface area contributed by atoms with Gasteiger partial charge in [0.1, 0.15) is 10.7 Å². The summed E-state index contributed by atoms with van der Waals surface area (Å²) in [7, 11) is 3.47. The monoisotopic (exact) mass is 307 g/mol. The highest BCUT2D eigenvalue weighted by atomic mass is 32.1. The van der Waals surface area contributed by atoms with Gasteiger partial charge >= 0.3 is 0 Å². The van der Waals surface area contributed by atoms with E-state index in [0.717, 1.165) is 37.2 Å². The number of hydrogen-bond donors (Lipinski definition) is 1. The Labute approximate surface area is 130 Å². The zero-order valence-corrected chi connectivity index (χ0v) is 13.3. The van der Waals surface area contributed by atoms with Crippen LogP contribution >= 0.6 is 12.2 Å². The molecule has 21 heavy (non-hydrogen) atoms. The lowest BCUT2D eigenvalue weighted by atomic mass is 10.1. The summed E-state index contributed by atoms with van der Waals surface area (Å²) in [5.41, 5.74) is 7.33. The van der Waals surface area contributed by atoms with Gasteiger partial charge in [0.15, 0.2) is 0 Å². The number of carbonyl (C=O) groups excluding carboxylic acids is 1. The van der Waals surface area contributed by atoms with Crippen molar-refractivity contribution in [1.29, 1.82) is 0 Å². The van der Waals surface area contributed by atoms with E-state index in [2.05, 4.69) is 0 Å². The van der Waals surface area contributed by atoms with Crippen LogP contribution in [0.4, 0.5) is 5.69 Å². The van der Waals surface area contributed by atoms with Crippen molar-refractivity contribution in [2.75, 3.05) is 38.7 Å². The summed E-state index contributed by atoms with van der Waals surface area (Å²) in [5.74, 6) is 0.845. The van der Waals surface area contributed by atoms with E-state index in [1.165, 1.54) is 0 Å². The van der Waals surface area contributed by atoms with Gasteiger partial charge in [-0.05, 0) is 25.0 Å². The summed E-state index contributed by atoms with van der Waals surface area (Å²) in [5, 5.41) is 0. The van der Waals surface area contributed by atoms with Crippen LogP contribution in [0.1, 0.15) is 18.4 Å². The van der Waals surface area contributed by atoms with Gasteiger partial charge in [-0.3, -0.25) is 4.79 Å². The van der Waals surface area contributed by atoms with Gasteiger partial charge in [0.25, 0.3) is 0 Å². The number of carbonyl (C=O) groups is 1. The van der Waals surface area contributed by atoms with Crippen LogP contribution in [0.15, 0.2) is 18.2 Å². The molecule has 2 rings (SSSR count). The zero-order valence-electron chi connectivity index (χ0n) is 12.5. The Morgan fingerprint density at radius 3 is 2.67 bits per heavy atom. The second-order valence-corrected chi connectivity index (χ2v) is 5.63. The number of rotatable bonds is 5. The fourth-order valence-electron chi connectivity index (χ4n) is 2.52. The van der Waals surface area contributed by atoms with E-state index in [1.54, 1.807) is 7.11 Å². The van der Waals surface area contributed by atoms with Crippen molar-refractivity contribution in [1.82, 2.24) is 4.90 Å². The third-order valence-corrected chi connectivity index (χ3v) is 3.93. The van der Waals surface area contributed by atoms with Gasteiger partial charge in [0.05, 0.1) is 19.3 Å². The van der Waals surface area contributed by atoms with Crippen LogP contribution in [0, 0.1) is 0 Å². The van der Waals surface area contributed by atoms with Crippen molar-refractivity contribution in [2.45, 2.75) is 12.8 Å². The molecule has 1 amide bonds. The molecule has 114 valence electrons. The van der Waals surface area contributed by atoms with E-state index in [9.17, 15) is 4.79 Å². The zero-order chi connectivity index (χ0) is 15.4. The molecule has 0 atom stereocenters. The summed E-state index contributed by atoms with van der Waals surface area (Å²) >= 11 is 5.08. The fraction of sp³-hybridized carbons (Fsp3) is 0.467. The summed E-state index contributed by atoms with van der Waals surface area (Å²) in [6, 6.07) is 5.49. The van der Waals surface area contributed by atoms with Gasteiger partial charge < -0.3 is 20.3 Å². The lowest BCUT2D eigenvalue weighted by Gasteiger charge is -2.25. The van der Waals surface area contributed by atoms with Crippen molar-refractivity contribution in [3.63, 3.8) is 0 Å². The maximum absolute atomic E-state index is 12.3. The third kappa shape index (κ3) is 3.64. The molecule has 1 aromatic carbocycles. The average Bonchev–Trinajstić information content (AvgIpc) is 3.00. The maximum Gasteiger partial charge on any atom is 0.242 e. The number of nitrogens with two attached hydrogens (primary N) is 1. The number of hydrogen-bond acceptors (Lipinski definition) is 4. The Kier molecular flexibility index (Phi) is 5.01. The van der Waals surface area contributed by atoms with Crippen molar-refractivity contribution < 1.29 is 9.53 Å². The normalized spacial score (nSPS) is 14.1. The first kappa shape index (κ1) is 15.6. The number of likely N-dealkylation sites (tertiary alicyclic amines) is 1. The molecular formula is C15H21N3O2S. The summed E-state index contributed by atoms with van der Waals surface area (Å²) in [6.45, 7) is 2.02. The number of likely N-dealkylation sites (N-methyl/N-ethyl adjacent to an activating group) is 1. The van der Waals surface area contributed by atoms with Crippen LogP contribution in [0.5, 0.6) is 5.75 Å². The number of thiocarbonyl (C=S) groups is 1. The van der Waals surface area contributed by atoms with Crippen LogP contribution in [0.25, 0.3) is 0 Å². The molecule has 2 N–H and O–H groups in total. The van der Waals surface area contributed by atoms with Gasteiger partial charge in [-0.2, -0.15) is 0 Å². The van der Waals surface area contributed by atoms with Crippen LogP contribution in [0.2, 0.25) is 0 Å². The predicted molar refractivity (Wildman–Crippen MR) is 88.0 cm³/mol. The minimum Gasteiger partial charge on any atom is -0.497 e. The first-order chi connectivity index (χ1) is 10.0. The van der Waals surface area contributed by atoms with Gasteiger partial charge in [-0.15, -0.1) is 0 Å². The van der Waals surface area contributed by atoms with E-state index >= 15 is 0 Å². The number of methoxy groups -OCH3 is 1. The van der Waals surface area contributed by atoms with Crippen LogP contribution in [0.3, 0.4) is 0 Å². The standard InChI is InChI=1S/C15H21N3O2S/c1-17(10-14(19)18-7-3-4-8-18)13-9-11(20-2)5-6-12(13)15(16)21/h5-6,9H,3-4,7-8,10H2,1-2H3,(H2,16,21). The number of nitrogens with zero attached hydrogens (tertiary/aromatic N) is 2. The van der Waals surface area contributed by atoms with Crippen molar-refractivity contribution in [3.8, 4) is 5.75 Å². The highest BCUT2D eigenvalue weighted by Crippen LogP contribution is 2.25. The Bertz CT molecular complexity index is 542. The van der Waals surface area contributed by atoms with E-state index in [-0.39, 0.29) is 5.91 Å². The van der Waals surface area contributed by atoms with Crippen molar-refractivity contribution >= 4 is 28.8 Å². The lowest BCUT2D eigenvalue weighted by Crippen LogP contribution is -2.37. The molecule has 1 aromatic rings. The Morgan fingerprint density at radius 2 is 2.10 bits per heavy atom.